The van der Waals surface area contributed by atoms with Crippen LogP contribution in [0.3, 0.4) is 0 Å². The summed E-state index contributed by atoms with van der Waals surface area (Å²) in [6, 6.07) is 10.7. The fourth-order valence-corrected chi connectivity index (χ4v) is 1.95. The van der Waals surface area contributed by atoms with E-state index in [4.69, 9.17) is 16.3 Å². The van der Waals surface area contributed by atoms with Crippen LogP contribution in [0.15, 0.2) is 42.5 Å². The van der Waals surface area contributed by atoms with Gasteiger partial charge in [-0.05, 0) is 48.9 Å². The molecule has 2 aromatic rings. The van der Waals surface area contributed by atoms with Gasteiger partial charge in [-0.2, -0.15) is 0 Å². The maximum absolute atomic E-state index is 12.7. The molecule has 22 heavy (non-hydrogen) atoms. The first kappa shape index (κ1) is 16.1. The second-order valence-corrected chi connectivity index (χ2v) is 5.00. The summed E-state index contributed by atoms with van der Waals surface area (Å²) >= 11 is 5.98. The number of amides is 2. The molecule has 2 rings (SSSR count). The van der Waals surface area contributed by atoms with Crippen molar-refractivity contribution < 1.29 is 13.9 Å². The van der Waals surface area contributed by atoms with Gasteiger partial charge in [-0.25, -0.2) is 9.18 Å². The van der Waals surface area contributed by atoms with Gasteiger partial charge in [0.05, 0.1) is 6.54 Å². The first-order valence-electron chi connectivity index (χ1n) is 6.74. The number of carbonyl (C=O) groups is 1. The summed E-state index contributed by atoms with van der Waals surface area (Å²) in [6.07, 6.45) is 0. The highest BCUT2D eigenvalue weighted by Crippen LogP contribution is 2.22. The summed E-state index contributed by atoms with van der Waals surface area (Å²) in [5, 5.41) is 5.98. The van der Waals surface area contributed by atoms with Crippen LogP contribution in [0.2, 0.25) is 5.02 Å². The lowest BCUT2D eigenvalue weighted by Gasteiger charge is -2.11. The lowest BCUT2D eigenvalue weighted by molar-refractivity contribution is 0.247. The standard InChI is InChI=1S/C16H16ClFN2O2/c1-11-14(17)3-2-4-15(11)20-16(21)19-9-10-22-13-7-5-12(18)6-8-13/h2-8H,9-10H2,1H3,(H2,19,20,21). The fraction of sp³-hybridized carbons (Fsp3) is 0.188. The third kappa shape index (κ3) is 4.63. The van der Waals surface area contributed by atoms with E-state index in [1.807, 2.05) is 6.92 Å². The number of urea groups is 1. The van der Waals surface area contributed by atoms with E-state index in [-0.39, 0.29) is 18.5 Å². The third-order valence-corrected chi connectivity index (χ3v) is 3.40. The molecule has 0 saturated heterocycles. The van der Waals surface area contributed by atoms with Crippen LogP contribution >= 0.6 is 11.6 Å². The van der Waals surface area contributed by atoms with Crippen LogP contribution in [-0.2, 0) is 0 Å². The Kier molecular flexibility index (Phi) is 5.61. The molecule has 0 unspecified atom stereocenters. The van der Waals surface area contributed by atoms with Crippen molar-refractivity contribution in [1.29, 1.82) is 0 Å². The first-order valence-corrected chi connectivity index (χ1v) is 7.12. The highest BCUT2D eigenvalue weighted by Gasteiger charge is 2.06. The Labute approximate surface area is 133 Å². The highest BCUT2D eigenvalue weighted by molar-refractivity contribution is 6.31. The normalized spacial score (nSPS) is 10.1. The maximum Gasteiger partial charge on any atom is 0.319 e. The SMILES string of the molecule is Cc1c(Cl)cccc1NC(=O)NCCOc1ccc(F)cc1. The van der Waals surface area contributed by atoms with Gasteiger partial charge >= 0.3 is 6.03 Å². The lowest BCUT2D eigenvalue weighted by Crippen LogP contribution is -2.32. The van der Waals surface area contributed by atoms with Crippen LogP contribution in [0.5, 0.6) is 5.75 Å². The van der Waals surface area contributed by atoms with Gasteiger partial charge in [-0.3, -0.25) is 0 Å². The first-order chi connectivity index (χ1) is 10.6. The van der Waals surface area contributed by atoms with Crippen molar-refractivity contribution in [1.82, 2.24) is 5.32 Å². The highest BCUT2D eigenvalue weighted by atomic mass is 35.5. The van der Waals surface area contributed by atoms with Crippen molar-refractivity contribution in [2.24, 2.45) is 0 Å². The predicted molar refractivity (Wildman–Crippen MR) is 85.1 cm³/mol. The van der Waals surface area contributed by atoms with Crippen molar-refractivity contribution in [2.45, 2.75) is 6.92 Å². The number of rotatable bonds is 5. The van der Waals surface area contributed by atoms with E-state index >= 15 is 0 Å². The quantitative estimate of drug-likeness (QED) is 0.818. The van der Waals surface area contributed by atoms with E-state index in [2.05, 4.69) is 10.6 Å². The number of benzene rings is 2. The molecule has 2 amide bonds. The van der Waals surface area contributed by atoms with Crippen molar-refractivity contribution in [3.05, 3.63) is 58.9 Å². The van der Waals surface area contributed by atoms with Crippen LogP contribution < -0.4 is 15.4 Å². The van der Waals surface area contributed by atoms with E-state index in [0.29, 0.717) is 23.0 Å². The van der Waals surface area contributed by atoms with Crippen molar-refractivity contribution in [3.8, 4) is 5.75 Å². The maximum atomic E-state index is 12.7. The van der Waals surface area contributed by atoms with E-state index < -0.39 is 0 Å². The molecule has 0 fully saturated rings. The minimum absolute atomic E-state index is 0.285. The minimum atomic E-state index is -0.340. The zero-order chi connectivity index (χ0) is 15.9. The fourth-order valence-electron chi connectivity index (χ4n) is 1.77. The summed E-state index contributed by atoms with van der Waals surface area (Å²) < 4.78 is 18.1. The third-order valence-electron chi connectivity index (χ3n) is 2.99. The second kappa shape index (κ2) is 7.66. The Morgan fingerprint density at radius 2 is 1.95 bits per heavy atom. The van der Waals surface area contributed by atoms with E-state index in [0.717, 1.165) is 5.56 Å². The van der Waals surface area contributed by atoms with Gasteiger partial charge in [-0.15, -0.1) is 0 Å². The van der Waals surface area contributed by atoms with Crippen LogP contribution in [0.4, 0.5) is 14.9 Å². The van der Waals surface area contributed by atoms with Gasteiger partial charge in [0.15, 0.2) is 0 Å². The van der Waals surface area contributed by atoms with Crippen molar-refractivity contribution >= 4 is 23.3 Å². The van der Waals surface area contributed by atoms with Gasteiger partial charge in [0.1, 0.15) is 18.2 Å². The molecule has 0 aromatic heterocycles. The average Bonchev–Trinajstić information content (AvgIpc) is 2.50. The Morgan fingerprint density at radius 1 is 1.23 bits per heavy atom. The molecule has 116 valence electrons. The topological polar surface area (TPSA) is 50.4 Å². The molecule has 0 bridgehead atoms. The molecule has 0 aliphatic rings. The number of anilines is 1. The molecular formula is C16H16ClFN2O2. The van der Waals surface area contributed by atoms with Gasteiger partial charge in [-0.1, -0.05) is 17.7 Å². The molecule has 0 aliphatic carbocycles. The number of nitrogens with one attached hydrogen (secondary N) is 2. The summed E-state index contributed by atoms with van der Waals surface area (Å²) in [5.74, 6) is 0.232. The van der Waals surface area contributed by atoms with E-state index in [9.17, 15) is 9.18 Å². The van der Waals surface area contributed by atoms with Crippen LogP contribution in [-0.4, -0.2) is 19.2 Å². The van der Waals surface area contributed by atoms with Gasteiger partial charge in [0.25, 0.3) is 0 Å². The number of hydrogen-bond donors (Lipinski definition) is 2. The number of ether oxygens (including phenoxy) is 1. The van der Waals surface area contributed by atoms with Gasteiger partial charge in [0, 0.05) is 10.7 Å². The second-order valence-electron chi connectivity index (χ2n) is 4.60. The lowest BCUT2D eigenvalue weighted by atomic mass is 10.2. The molecule has 0 heterocycles. The molecule has 0 saturated carbocycles. The van der Waals surface area contributed by atoms with Crippen molar-refractivity contribution in [3.63, 3.8) is 0 Å². The summed E-state index contributed by atoms with van der Waals surface area (Å²) in [7, 11) is 0. The van der Waals surface area contributed by atoms with Crippen LogP contribution in [0, 0.1) is 12.7 Å². The van der Waals surface area contributed by atoms with Crippen LogP contribution in [0.1, 0.15) is 5.56 Å². The van der Waals surface area contributed by atoms with Crippen molar-refractivity contribution in [2.75, 3.05) is 18.5 Å². The van der Waals surface area contributed by atoms with Crippen LogP contribution in [0.25, 0.3) is 0 Å². The Hall–Kier alpha value is -2.27. The molecule has 0 atom stereocenters. The predicted octanol–water partition coefficient (Wildman–Crippen LogP) is 3.99. The van der Waals surface area contributed by atoms with Gasteiger partial charge in [0.2, 0.25) is 0 Å². The summed E-state index contributed by atoms with van der Waals surface area (Å²) in [6.45, 7) is 2.44. The van der Waals surface area contributed by atoms with E-state index in [1.54, 1.807) is 18.2 Å². The Bertz CT molecular complexity index is 647. The molecule has 2 aromatic carbocycles. The Morgan fingerprint density at radius 3 is 2.68 bits per heavy atom. The zero-order valence-corrected chi connectivity index (χ0v) is 12.8. The molecular weight excluding hydrogens is 307 g/mol. The zero-order valence-electron chi connectivity index (χ0n) is 12.0. The molecule has 6 heteroatoms. The summed E-state index contributed by atoms with van der Waals surface area (Å²) in [4.78, 5) is 11.8. The molecule has 0 spiro atoms. The molecule has 2 N–H and O–H groups in total. The minimum Gasteiger partial charge on any atom is -0.492 e. The van der Waals surface area contributed by atoms with Gasteiger partial charge < -0.3 is 15.4 Å². The smallest absolute Gasteiger partial charge is 0.319 e. The number of hydrogen-bond acceptors (Lipinski definition) is 2. The molecule has 0 aliphatic heterocycles. The Balaban J connectivity index is 1.74. The molecule has 0 radical (unpaired) electrons. The monoisotopic (exact) mass is 322 g/mol. The number of carbonyl (C=O) groups excluding carboxylic acids is 1. The number of halogens is 2. The summed E-state index contributed by atoms with van der Waals surface area (Å²) in [5.41, 5.74) is 1.46. The molecule has 4 nitrogen and oxygen atoms in total. The average molecular weight is 323 g/mol. The van der Waals surface area contributed by atoms with E-state index in [1.165, 1.54) is 24.3 Å². The largest absolute Gasteiger partial charge is 0.492 e.